The zero-order chi connectivity index (χ0) is 18.2. The molecule has 2 aromatic heterocycles. The van der Waals surface area contributed by atoms with E-state index in [1.54, 1.807) is 6.20 Å². The van der Waals surface area contributed by atoms with Crippen LogP contribution < -0.4 is 0 Å². The second kappa shape index (κ2) is 10.5. The molecule has 0 aliphatic carbocycles. The predicted octanol–water partition coefficient (Wildman–Crippen LogP) is 5.91. The number of benzene rings is 2. The Balaban J connectivity index is 0.000000187. The normalized spacial score (nSPS) is 9.56. The van der Waals surface area contributed by atoms with E-state index in [-0.39, 0.29) is 20.1 Å². The first-order chi connectivity index (χ1) is 12.7. The Labute approximate surface area is 174 Å². The Hall–Kier alpha value is -2.61. The van der Waals surface area contributed by atoms with E-state index in [1.807, 2.05) is 66.9 Å². The molecule has 0 saturated heterocycles. The van der Waals surface area contributed by atoms with Crippen LogP contribution in [0.15, 0.2) is 91.3 Å². The van der Waals surface area contributed by atoms with Gasteiger partial charge in [0, 0.05) is 38.1 Å². The first-order valence-electron chi connectivity index (χ1n) is 8.61. The maximum absolute atomic E-state index is 4.31. The third-order valence-electron chi connectivity index (χ3n) is 3.98. The molecule has 137 valence electrons. The van der Waals surface area contributed by atoms with Crippen molar-refractivity contribution in [2.24, 2.45) is 0 Å². The van der Waals surface area contributed by atoms with E-state index in [4.69, 9.17) is 0 Å². The Morgan fingerprint density at radius 1 is 0.704 bits per heavy atom. The van der Waals surface area contributed by atoms with E-state index in [2.05, 4.69) is 48.1 Å². The minimum Gasteiger partial charge on any atom is -0.305 e. The van der Waals surface area contributed by atoms with Gasteiger partial charge in [0.1, 0.15) is 0 Å². The fourth-order valence-electron chi connectivity index (χ4n) is 2.63. The summed E-state index contributed by atoms with van der Waals surface area (Å²) in [4.78, 5) is 8.57. The topological polar surface area (TPSA) is 25.8 Å². The molecule has 0 atom stereocenters. The molecular weight excluding hydrogens is 508 g/mol. The van der Waals surface area contributed by atoms with Gasteiger partial charge in [-0.15, -0.1) is 35.4 Å². The van der Waals surface area contributed by atoms with Crippen molar-refractivity contribution in [1.29, 1.82) is 0 Å². The maximum atomic E-state index is 4.31. The van der Waals surface area contributed by atoms with Gasteiger partial charge in [-0.1, -0.05) is 49.4 Å². The van der Waals surface area contributed by atoms with E-state index >= 15 is 0 Å². The predicted molar refractivity (Wildman–Crippen MR) is 108 cm³/mol. The number of aryl methyl sites for hydroxylation is 2. The molecule has 2 nitrogen and oxygen atoms in total. The van der Waals surface area contributed by atoms with Crippen LogP contribution in [-0.2, 0) is 20.1 Å². The molecule has 0 amide bonds. The molecule has 2 aromatic carbocycles. The summed E-state index contributed by atoms with van der Waals surface area (Å²) in [6, 6.07) is 29.4. The molecule has 0 N–H and O–H groups in total. The second-order valence-corrected chi connectivity index (χ2v) is 6.02. The van der Waals surface area contributed by atoms with Crippen LogP contribution in [0.4, 0.5) is 0 Å². The Morgan fingerprint density at radius 2 is 1.33 bits per heavy atom. The fraction of sp³-hybridized carbons (Fsp3) is 0.0833. The van der Waals surface area contributed by atoms with Crippen LogP contribution in [0.5, 0.6) is 0 Å². The summed E-state index contributed by atoms with van der Waals surface area (Å²) in [5.74, 6) is 0. The molecule has 1 radical (unpaired) electrons. The second-order valence-electron chi connectivity index (χ2n) is 6.02. The SMILES string of the molecule is Cc1cc[c-]c(-c2ccccn2)c1.Cc1ccccc1-c1ccccn1.[Ir]. The summed E-state index contributed by atoms with van der Waals surface area (Å²) < 4.78 is 0. The summed E-state index contributed by atoms with van der Waals surface area (Å²) in [6.07, 6.45) is 3.62. The number of rotatable bonds is 2. The number of nitrogens with zero attached hydrogens (tertiary/aromatic N) is 2. The molecule has 0 unspecified atom stereocenters. The average Bonchev–Trinajstić information content (AvgIpc) is 2.70. The quantitative estimate of drug-likeness (QED) is 0.302. The van der Waals surface area contributed by atoms with Crippen molar-refractivity contribution >= 4 is 0 Å². The molecule has 0 fully saturated rings. The number of pyridine rings is 2. The summed E-state index contributed by atoms with van der Waals surface area (Å²) in [5.41, 5.74) is 6.79. The summed E-state index contributed by atoms with van der Waals surface area (Å²) in [5, 5.41) is 0. The van der Waals surface area contributed by atoms with Gasteiger partial charge in [0.2, 0.25) is 0 Å². The fourth-order valence-corrected chi connectivity index (χ4v) is 2.63. The molecule has 3 heteroatoms. The third-order valence-corrected chi connectivity index (χ3v) is 3.98. The molecule has 0 saturated carbocycles. The van der Waals surface area contributed by atoms with Crippen molar-refractivity contribution in [3.8, 4) is 22.5 Å². The molecule has 0 spiro atoms. The minimum absolute atomic E-state index is 0. The van der Waals surface area contributed by atoms with Crippen molar-refractivity contribution in [2.45, 2.75) is 13.8 Å². The van der Waals surface area contributed by atoms with Gasteiger partial charge in [0.15, 0.2) is 0 Å². The van der Waals surface area contributed by atoms with Gasteiger partial charge < -0.3 is 4.98 Å². The Bertz CT molecular complexity index is 954. The Morgan fingerprint density at radius 3 is 1.93 bits per heavy atom. The number of hydrogen-bond donors (Lipinski definition) is 0. The van der Waals surface area contributed by atoms with E-state index in [0.717, 1.165) is 17.0 Å². The van der Waals surface area contributed by atoms with Crippen LogP contribution in [0.25, 0.3) is 22.5 Å². The van der Waals surface area contributed by atoms with Gasteiger partial charge in [0.05, 0.1) is 5.69 Å². The van der Waals surface area contributed by atoms with E-state index in [0.29, 0.717) is 0 Å². The zero-order valence-corrected chi connectivity index (χ0v) is 17.8. The molecule has 0 bridgehead atoms. The van der Waals surface area contributed by atoms with E-state index < -0.39 is 0 Å². The van der Waals surface area contributed by atoms with Crippen molar-refractivity contribution in [3.05, 3.63) is 108 Å². The van der Waals surface area contributed by atoms with Gasteiger partial charge in [-0.25, -0.2) is 0 Å². The van der Waals surface area contributed by atoms with Crippen molar-refractivity contribution in [3.63, 3.8) is 0 Å². The van der Waals surface area contributed by atoms with E-state index in [1.165, 1.54) is 16.7 Å². The molecule has 27 heavy (non-hydrogen) atoms. The van der Waals surface area contributed by atoms with Gasteiger partial charge in [-0.05, 0) is 36.4 Å². The van der Waals surface area contributed by atoms with Crippen molar-refractivity contribution in [2.75, 3.05) is 0 Å². The van der Waals surface area contributed by atoms with E-state index in [9.17, 15) is 0 Å². The van der Waals surface area contributed by atoms with Gasteiger partial charge in [0.25, 0.3) is 0 Å². The van der Waals surface area contributed by atoms with Crippen LogP contribution in [0.3, 0.4) is 0 Å². The van der Waals surface area contributed by atoms with Crippen LogP contribution >= 0.6 is 0 Å². The molecule has 0 aliphatic heterocycles. The largest absolute Gasteiger partial charge is 0.305 e. The number of aromatic nitrogens is 2. The molecular formula is C24H21IrN2-. The van der Waals surface area contributed by atoms with Crippen LogP contribution in [0, 0.1) is 19.9 Å². The monoisotopic (exact) mass is 530 g/mol. The van der Waals surface area contributed by atoms with Crippen LogP contribution in [0.2, 0.25) is 0 Å². The smallest absolute Gasteiger partial charge is 0.0704 e. The van der Waals surface area contributed by atoms with Crippen molar-refractivity contribution < 1.29 is 20.1 Å². The third kappa shape index (κ3) is 5.96. The standard InChI is InChI=1S/C12H10N.C12H11N.Ir/c1-10-5-4-6-11(9-10)12-7-2-3-8-13-12;1-10-6-2-3-7-11(10)12-8-4-5-9-13-12;/h2-5,7-9H,1H3;2-9H,1H3;/q-1;;. The van der Waals surface area contributed by atoms with Gasteiger partial charge in [-0.3, -0.25) is 4.98 Å². The minimum atomic E-state index is 0. The first-order valence-corrected chi connectivity index (χ1v) is 8.61. The van der Waals surface area contributed by atoms with Crippen molar-refractivity contribution in [1.82, 2.24) is 9.97 Å². The van der Waals surface area contributed by atoms with Gasteiger partial charge in [-0.2, -0.15) is 0 Å². The van der Waals surface area contributed by atoms with Gasteiger partial charge >= 0.3 is 0 Å². The average molecular weight is 530 g/mol. The maximum Gasteiger partial charge on any atom is 0.0704 e. The molecule has 2 heterocycles. The van der Waals surface area contributed by atoms with Crippen LogP contribution in [-0.4, -0.2) is 9.97 Å². The van der Waals surface area contributed by atoms with Crippen LogP contribution in [0.1, 0.15) is 11.1 Å². The molecule has 0 aliphatic rings. The summed E-state index contributed by atoms with van der Waals surface area (Å²) in [7, 11) is 0. The molecule has 4 rings (SSSR count). The number of hydrogen-bond acceptors (Lipinski definition) is 2. The zero-order valence-electron chi connectivity index (χ0n) is 15.4. The first kappa shape index (κ1) is 20.7. The summed E-state index contributed by atoms with van der Waals surface area (Å²) in [6.45, 7) is 4.17. The Kier molecular flexibility index (Phi) is 8.06. The molecule has 4 aromatic rings. The summed E-state index contributed by atoms with van der Waals surface area (Å²) >= 11 is 0.